The van der Waals surface area contributed by atoms with Gasteiger partial charge in [-0.1, -0.05) is 20.3 Å². The Bertz CT molecular complexity index is 277. The van der Waals surface area contributed by atoms with Crippen LogP contribution in [0.25, 0.3) is 0 Å². The lowest BCUT2D eigenvalue weighted by atomic mass is 9.69. The molecule has 3 atom stereocenters. The van der Waals surface area contributed by atoms with Crippen molar-refractivity contribution in [3.8, 4) is 6.07 Å². The highest BCUT2D eigenvalue weighted by Gasteiger charge is 2.45. The third-order valence-electron chi connectivity index (χ3n) is 4.44. The van der Waals surface area contributed by atoms with E-state index in [4.69, 9.17) is 0 Å². The van der Waals surface area contributed by atoms with E-state index in [1.807, 2.05) is 0 Å². The molecule has 3 unspecified atom stereocenters. The first kappa shape index (κ1) is 11.9. The molecule has 1 N–H and O–H groups in total. The summed E-state index contributed by atoms with van der Waals surface area (Å²) in [7, 11) is 0. The third kappa shape index (κ3) is 1.97. The van der Waals surface area contributed by atoms with Crippen LogP contribution in [-0.4, -0.2) is 36.6 Å². The van der Waals surface area contributed by atoms with E-state index in [9.17, 15) is 5.26 Å². The zero-order valence-corrected chi connectivity index (χ0v) is 10.5. The summed E-state index contributed by atoms with van der Waals surface area (Å²) < 4.78 is 0. The number of nitrogens with zero attached hydrogens (tertiary/aromatic N) is 2. The summed E-state index contributed by atoms with van der Waals surface area (Å²) in [6.45, 7) is 8.68. The monoisotopic (exact) mass is 221 g/mol. The number of hydrogen-bond donors (Lipinski definition) is 1. The third-order valence-corrected chi connectivity index (χ3v) is 4.44. The zero-order chi connectivity index (χ0) is 11.6. The molecule has 0 aromatic rings. The van der Waals surface area contributed by atoms with Crippen LogP contribution in [0.3, 0.4) is 0 Å². The minimum Gasteiger partial charge on any atom is -0.314 e. The van der Waals surface area contributed by atoms with Gasteiger partial charge in [0.1, 0.15) is 5.54 Å². The van der Waals surface area contributed by atoms with Crippen LogP contribution in [0, 0.1) is 23.2 Å². The van der Waals surface area contributed by atoms with Gasteiger partial charge in [-0.3, -0.25) is 4.90 Å². The van der Waals surface area contributed by atoms with Gasteiger partial charge in [0.05, 0.1) is 6.07 Å². The first-order valence-corrected chi connectivity index (χ1v) is 6.56. The Morgan fingerprint density at radius 1 is 1.25 bits per heavy atom. The maximum Gasteiger partial charge on any atom is 0.112 e. The van der Waals surface area contributed by atoms with Gasteiger partial charge in [0.2, 0.25) is 0 Å². The van der Waals surface area contributed by atoms with Crippen LogP contribution in [0.15, 0.2) is 0 Å². The highest BCUT2D eigenvalue weighted by atomic mass is 15.2. The molecule has 1 aliphatic carbocycles. The van der Waals surface area contributed by atoms with Crippen LogP contribution in [0.4, 0.5) is 0 Å². The van der Waals surface area contributed by atoms with Gasteiger partial charge in [0.25, 0.3) is 0 Å². The van der Waals surface area contributed by atoms with Gasteiger partial charge in [-0.25, -0.2) is 0 Å². The molecule has 3 nitrogen and oxygen atoms in total. The molecule has 0 aromatic carbocycles. The van der Waals surface area contributed by atoms with Crippen LogP contribution in [0.2, 0.25) is 0 Å². The topological polar surface area (TPSA) is 39.1 Å². The van der Waals surface area contributed by atoms with E-state index >= 15 is 0 Å². The molecule has 2 aliphatic rings. The molecule has 90 valence electrons. The summed E-state index contributed by atoms with van der Waals surface area (Å²) in [5.41, 5.74) is -0.181. The molecule has 1 saturated carbocycles. The van der Waals surface area contributed by atoms with Crippen molar-refractivity contribution in [3.05, 3.63) is 0 Å². The van der Waals surface area contributed by atoms with Crippen molar-refractivity contribution in [1.29, 1.82) is 5.26 Å². The minimum atomic E-state index is -0.181. The summed E-state index contributed by atoms with van der Waals surface area (Å²) in [5, 5.41) is 13.0. The first-order chi connectivity index (χ1) is 7.69. The Morgan fingerprint density at radius 2 is 1.94 bits per heavy atom. The molecule has 1 saturated heterocycles. The first-order valence-electron chi connectivity index (χ1n) is 6.56. The Kier molecular flexibility index (Phi) is 3.51. The second-order valence-electron chi connectivity index (χ2n) is 5.56. The number of hydrogen-bond acceptors (Lipinski definition) is 3. The Hall–Kier alpha value is -0.590. The lowest BCUT2D eigenvalue weighted by Gasteiger charge is -2.48. The van der Waals surface area contributed by atoms with Crippen molar-refractivity contribution in [2.75, 3.05) is 26.2 Å². The molecule has 2 rings (SSSR count). The maximum absolute atomic E-state index is 9.67. The Labute approximate surface area is 98.8 Å². The highest BCUT2D eigenvalue weighted by Crippen LogP contribution is 2.40. The second kappa shape index (κ2) is 4.73. The molecule has 1 heterocycles. The van der Waals surface area contributed by atoms with Gasteiger partial charge >= 0.3 is 0 Å². The van der Waals surface area contributed by atoms with E-state index in [1.165, 1.54) is 12.8 Å². The normalized spacial score (nSPS) is 41.6. The van der Waals surface area contributed by atoms with Crippen molar-refractivity contribution in [2.24, 2.45) is 11.8 Å². The average Bonchev–Trinajstić information content (AvgIpc) is 2.33. The number of nitriles is 1. The van der Waals surface area contributed by atoms with Crippen molar-refractivity contribution in [1.82, 2.24) is 10.2 Å². The fourth-order valence-corrected chi connectivity index (χ4v) is 3.34. The largest absolute Gasteiger partial charge is 0.314 e. The van der Waals surface area contributed by atoms with Gasteiger partial charge < -0.3 is 5.32 Å². The van der Waals surface area contributed by atoms with Crippen LogP contribution in [0.5, 0.6) is 0 Å². The van der Waals surface area contributed by atoms with E-state index in [2.05, 4.69) is 30.1 Å². The maximum atomic E-state index is 9.67. The molecule has 3 heteroatoms. The summed E-state index contributed by atoms with van der Waals surface area (Å²) >= 11 is 0. The molecule has 16 heavy (non-hydrogen) atoms. The quantitative estimate of drug-likeness (QED) is 0.731. The molecule has 0 aromatic heterocycles. The summed E-state index contributed by atoms with van der Waals surface area (Å²) in [4.78, 5) is 2.43. The molecule has 2 fully saturated rings. The predicted molar refractivity (Wildman–Crippen MR) is 65.0 cm³/mol. The smallest absolute Gasteiger partial charge is 0.112 e. The van der Waals surface area contributed by atoms with Crippen LogP contribution in [-0.2, 0) is 0 Å². The molecule has 1 aliphatic heterocycles. The SMILES string of the molecule is CC1CCC(C)C(C#N)(N2CCNCC2)C1. The van der Waals surface area contributed by atoms with Gasteiger partial charge in [-0.05, 0) is 24.7 Å². The van der Waals surface area contributed by atoms with E-state index in [1.54, 1.807) is 0 Å². The summed E-state index contributed by atoms with van der Waals surface area (Å²) in [6.07, 6.45) is 3.56. The zero-order valence-electron chi connectivity index (χ0n) is 10.5. The highest BCUT2D eigenvalue weighted by molar-refractivity contribution is 5.14. The lowest BCUT2D eigenvalue weighted by molar-refractivity contribution is 0.0253. The molecule has 0 bridgehead atoms. The van der Waals surface area contributed by atoms with Crippen LogP contribution < -0.4 is 5.32 Å². The fourth-order valence-electron chi connectivity index (χ4n) is 3.34. The minimum absolute atomic E-state index is 0.181. The molecular weight excluding hydrogens is 198 g/mol. The molecule has 0 amide bonds. The summed E-state index contributed by atoms with van der Waals surface area (Å²) in [5.74, 6) is 1.22. The number of nitrogens with one attached hydrogen (secondary N) is 1. The van der Waals surface area contributed by atoms with Crippen LogP contribution in [0.1, 0.15) is 33.1 Å². The van der Waals surface area contributed by atoms with Gasteiger partial charge in [0, 0.05) is 26.2 Å². The number of rotatable bonds is 1. The summed E-state index contributed by atoms with van der Waals surface area (Å²) in [6, 6.07) is 2.67. The van der Waals surface area contributed by atoms with Crippen molar-refractivity contribution < 1.29 is 0 Å². The average molecular weight is 221 g/mol. The standard InChI is InChI=1S/C13H23N3/c1-11-3-4-12(2)13(9-11,10-14)16-7-5-15-6-8-16/h11-12,15H,3-9H2,1-2H3. The molecular formula is C13H23N3. The van der Waals surface area contributed by atoms with E-state index in [0.29, 0.717) is 11.8 Å². The van der Waals surface area contributed by atoms with E-state index in [0.717, 1.165) is 32.6 Å². The molecule has 0 spiro atoms. The lowest BCUT2D eigenvalue weighted by Crippen LogP contribution is -2.60. The van der Waals surface area contributed by atoms with Crippen LogP contribution >= 0.6 is 0 Å². The van der Waals surface area contributed by atoms with Crippen molar-refractivity contribution in [3.63, 3.8) is 0 Å². The predicted octanol–water partition coefficient (Wildman–Crippen LogP) is 1.61. The van der Waals surface area contributed by atoms with Gasteiger partial charge in [-0.2, -0.15) is 5.26 Å². The fraction of sp³-hybridized carbons (Fsp3) is 0.923. The molecule has 0 radical (unpaired) electrons. The second-order valence-corrected chi connectivity index (χ2v) is 5.56. The van der Waals surface area contributed by atoms with Crippen molar-refractivity contribution in [2.45, 2.75) is 38.6 Å². The Balaban J connectivity index is 2.18. The van der Waals surface area contributed by atoms with Gasteiger partial charge in [0.15, 0.2) is 0 Å². The van der Waals surface area contributed by atoms with E-state index in [-0.39, 0.29) is 5.54 Å². The van der Waals surface area contributed by atoms with E-state index < -0.39 is 0 Å². The number of piperazine rings is 1. The Morgan fingerprint density at radius 3 is 2.56 bits per heavy atom. The van der Waals surface area contributed by atoms with Gasteiger partial charge in [-0.15, -0.1) is 0 Å². The van der Waals surface area contributed by atoms with Crippen molar-refractivity contribution >= 4 is 0 Å².